The molecule has 2 aromatic rings. The summed E-state index contributed by atoms with van der Waals surface area (Å²) in [6, 6.07) is 12.3. The van der Waals surface area contributed by atoms with Crippen LogP contribution in [0.2, 0.25) is 0 Å². The number of primary sulfonamides is 1. The number of amides is 2. The van der Waals surface area contributed by atoms with E-state index >= 15 is 0 Å². The minimum atomic E-state index is -3.79. The minimum Gasteiger partial charge on any atom is -0.496 e. The van der Waals surface area contributed by atoms with Crippen molar-refractivity contribution in [2.24, 2.45) is 5.14 Å². The summed E-state index contributed by atoms with van der Waals surface area (Å²) in [5.74, 6) is 0.640. The van der Waals surface area contributed by atoms with Crippen molar-refractivity contribution in [3.63, 3.8) is 0 Å². The topological polar surface area (TPSA) is 122 Å². The summed E-state index contributed by atoms with van der Waals surface area (Å²) < 4.78 is 27.8. The lowest BCUT2D eigenvalue weighted by Crippen LogP contribution is -2.36. The zero-order valence-corrected chi connectivity index (χ0v) is 15.1. The first-order valence-corrected chi connectivity index (χ1v) is 9.31. The summed E-state index contributed by atoms with van der Waals surface area (Å²) in [4.78, 5) is 13.9. The molecule has 26 heavy (non-hydrogen) atoms. The Morgan fingerprint density at radius 1 is 1.19 bits per heavy atom. The summed E-state index contributed by atoms with van der Waals surface area (Å²) in [6.45, 7) is 0.164. The maximum atomic E-state index is 12.5. The number of hydrogen-bond donors (Lipinski definition) is 3. The number of methoxy groups -OCH3 is 1. The van der Waals surface area contributed by atoms with Gasteiger partial charge >= 0.3 is 6.03 Å². The highest BCUT2D eigenvalue weighted by Gasteiger charge is 2.16. The largest absolute Gasteiger partial charge is 0.496 e. The Balaban J connectivity index is 2.13. The molecule has 0 heterocycles. The maximum Gasteiger partial charge on any atom is 0.322 e. The van der Waals surface area contributed by atoms with Gasteiger partial charge in [-0.15, -0.1) is 0 Å². The van der Waals surface area contributed by atoms with Crippen LogP contribution in [0.1, 0.15) is 5.56 Å². The van der Waals surface area contributed by atoms with Crippen molar-refractivity contribution >= 4 is 21.7 Å². The van der Waals surface area contributed by atoms with Crippen LogP contribution in [0.25, 0.3) is 0 Å². The van der Waals surface area contributed by atoms with Crippen molar-refractivity contribution in [1.29, 1.82) is 0 Å². The Morgan fingerprint density at radius 2 is 1.85 bits per heavy atom. The summed E-state index contributed by atoms with van der Waals surface area (Å²) in [6.07, 6.45) is 0. The highest BCUT2D eigenvalue weighted by molar-refractivity contribution is 7.89. The fourth-order valence-corrected chi connectivity index (χ4v) is 2.86. The predicted molar refractivity (Wildman–Crippen MR) is 97.3 cm³/mol. The molecular weight excluding hydrogens is 358 g/mol. The number of aliphatic hydroxyl groups excluding tert-OH is 1. The number of ether oxygens (including phenoxy) is 1. The standard InChI is InChI=1S/C17H21N3O5S/c1-25-16-5-3-2-4-13(16)12-20(10-11-21)17(22)19-14-6-8-15(9-7-14)26(18,23)24/h2-9,21H,10-12H2,1H3,(H,19,22)(H2,18,23,24). The smallest absolute Gasteiger partial charge is 0.322 e. The Labute approximate surface area is 152 Å². The van der Waals surface area contributed by atoms with Gasteiger partial charge < -0.3 is 20.1 Å². The molecule has 0 saturated carbocycles. The number of aliphatic hydroxyl groups is 1. The van der Waals surface area contributed by atoms with E-state index in [1.54, 1.807) is 13.2 Å². The molecular formula is C17H21N3O5S. The SMILES string of the molecule is COc1ccccc1CN(CCO)C(=O)Nc1ccc(S(N)(=O)=O)cc1. The van der Waals surface area contributed by atoms with Crippen molar-refractivity contribution in [3.05, 3.63) is 54.1 Å². The Bertz CT molecular complexity index is 853. The zero-order valence-electron chi connectivity index (χ0n) is 14.3. The molecule has 0 bridgehead atoms. The highest BCUT2D eigenvalue weighted by atomic mass is 32.2. The number of nitrogens with two attached hydrogens (primary N) is 1. The summed E-state index contributed by atoms with van der Waals surface area (Å²) in [5.41, 5.74) is 1.20. The van der Waals surface area contributed by atoms with Gasteiger partial charge in [0.1, 0.15) is 5.75 Å². The molecule has 0 aromatic heterocycles. The van der Waals surface area contributed by atoms with E-state index in [2.05, 4.69) is 5.32 Å². The number of nitrogens with one attached hydrogen (secondary N) is 1. The Morgan fingerprint density at radius 3 is 2.42 bits per heavy atom. The van der Waals surface area contributed by atoms with Crippen LogP contribution in [-0.2, 0) is 16.6 Å². The van der Waals surface area contributed by atoms with Crippen molar-refractivity contribution in [2.75, 3.05) is 25.6 Å². The molecule has 0 saturated heterocycles. The van der Waals surface area contributed by atoms with E-state index in [0.29, 0.717) is 11.4 Å². The zero-order chi connectivity index (χ0) is 19.2. The van der Waals surface area contributed by atoms with Gasteiger partial charge in [-0.25, -0.2) is 18.4 Å². The molecule has 0 radical (unpaired) electrons. The quantitative estimate of drug-likeness (QED) is 0.671. The molecule has 0 aliphatic carbocycles. The van der Waals surface area contributed by atoms with Gasteiger partial charge in [-0.3, -0.25) is 0 Å². The van der Waals surface area contributed by atoms with E-state index in [4.69, 9.17) is 9.88 Å². The number of nitrogens with zero attached hydrogens (tertiary/aromatic N) is 1. The van der Waals surface area contributed by atoms with Gasteiger partial charge in [0.05, 0.1) is 25.2 Å². The number of rotatable bonds is 7. The summed E-state index contributed by atoms with van der Waals surface area (Å²) in [7, 11) is -2.25. The molecule has 2 amide bonds. The van der Waals surface area contributed by atoms with Crippen LogP contribution in [0.4, 0.5) is 10.5 Å². The van der Waals surface area contributed by atoms with Gasteiger partial charge in [0, 0.05) is 17.8 Å². The lowest BCUT2D eigenvalue weighted by Gasteiger charge is -2.23. The number of carbonyl (C=O) groups excluding carboxylic acids is 1. The summed E-state index contributed by atoms with van der Waals surface area (Å²) in [5, 5.41) is 17.0. The van der Waals surface area contributed by atoms with Gasteiger partial charge in [-0.05, 0) is 30.3 Å². The van der Waals surface area contributed by atoms with Crippen LogP contribution in [0.5, 0.6) is 5.75 Å². The molecule has 8 nitrogen and oxygen atoms in total. The number of para-hydroxylation sites is 1. The molecule has 2 rings (SSSR count). The van der Waals surface area contributed by atoms with Crippen molar-refractivity contribution < 1.29 is 23.1 Å². The van der Waals surface area contributed by atoms with Gasteiger partial charge in [0.15, 0.2) is 0 Å². The third-order valence-corrected chi connectivity index (χ3v) is 4.57. The average Bonchev–Trinajstić information content (AvgIpc) is 2.61. The van der Waals surface area contributed by atoms with Crippen molar-refractivity contribution in [2.45, 2.75) is 11.4 Å². The molecule has 0 atom stereocenters. The fourth-order valence-electron chi connectivity index (χ4n) is 2.34. The third-order valence-electron chi connectivity index (χ3n) is 3.64. The van der Waals surface area contributed by atoms with Crippen LogP contribution >= 0.6 is 0 Å². The number of hydrogen-bond acceptors (Lipinski definition) is 5. The fraction of sp³-hybridized carbons (Fsp3) is 0.235. The molecule has 4 N–H and O–H groups in total. The van der Waals surface area contributed by atoms with Gasteiger partial charge in [0.25, 0.3) is 0 Å². The third kappa shape index (κ3) is 5.19. The normalized spacial score (nSPS) is 11.0. The van der Waals surface area contributed by atoms with E-state index in [-0.39, 0.29) is 24.6 Å². The van der Waals surface area contributed by atoms with E-state index in [1.807, 2.05) is 18.2 Å². The first kappa shape index (κ1) is 19.7. The monoisotopic (exact) mass is 379 g/mol. The Hall–Kier alpha value is -2.62. The van der Waals surface area contributed by atoms with Gasteiger partial charge in [-0.1, -0.05) is 18.2 Å². The second-order valence-corrected chi connectivity index (χ2v) is 7.02. The predicted octanol–water partition coefficient (Wildman–Crippen LogP) is 1.37. The molecule has 140 valence electrons. The number of carbonyl (C=O) groups is 1. The highest BCUT2D eigenvalue weighted by Crippen LogP contribution is 2.20. The molecule has 0 fully saturated rings. The summed E-state index contributed by atoms with van der Waals surface area (Å²) >= 11 is 0. The molecule has 0 aliphatic rings. The molecule has 9 heteroatoms. The van der Waals surface area contributed by atoms with Gasteiger partial charge in [0.2, 0.25) is 10.0 Å². The average molecular weight is 379 g/mol. The molecule has 0 spiro atoms. The minimum absolute atomic E-state index is 0.0447. The van der Waals surface area contributed by atoms with Crippen LogP contribution in [0.3, 0.4) is 0 Å². The first-order valence-electron chi connectivity index (χ1n) is 7.76. The second-order valence-electron chi connectivity index (χ2n) is 5.46. The number of urea groups is 1. The molecule has 0 aliphatic heterocycles. The van der Waals surface area contributed by atoms with Crippen LogP contribution < -0.4 is 15.2 Å². The van der Waals surface area contributed by atoms with Gasteiger partial charge in [-0.2, -0.15) is 0 Å². The van der Waals surface area contributed by atoms with E-state index in [9.17, 15) is 18.3 Å². The lowest BCUT2D eigenvalue weighted by molar-refractivity contribution is 0.184. The first-order chi connectivity index (χ1) is 12.3. The van der Waals surface area contributed by atoms with Crippen LogP contribution in [0, 0.1) is 0 Å². The second kappa shape index (κ2) is 8.65. The number of sulfonamides is 1. The van der Waals surface area contributed by atoms with E-state index < -0.39 is 16.1 Å². The Kier molecular flexibility index (Phi) is 6.56. The van der Waals surface area contributed by atoms with Crippen LogP contribution in [-0.4, -0.2) is 44.7 Å². The maximum absolute atomic E-state index is 12.5. The van der Waals surface area contributed by atoms with Crippen molar-refractivity contribution in [1.82, 2.24) is 4.90 Å². The van der Waals surface area contributed by atoms with Crippen LogP contribution in [0.15, 0.2) is 53.4 Å². The number of benzene rings is 2. The lowest BCUT2D eigenvalue weighted by atomic mass is 10.2. The molecule has 2 aromatic carbocycles. The number of anilines is 1. The van der Waals surface area contributed by atoms with E-state index in [0.717, 1.165) is 5.56 Å². The van der Waals surface area contributed by atoms with Crippen molar-refractivity contribution in [3.8, 4) is 5.75 Å². The molecule has 0 unspecified atom stereocenters. The van der Waals surface area contributed by atoms with E-state index in [1.165, 1.54) is 29.2 Å².